The lowest BCUT2D eigenvalue weighted by atomic mass is 9.95. The maximum absolute atomic E-state index is 13.8. The lowest BCUT2D eigenvalue weighted by Crippen LogP contribution is -2.31. The molecule has 0 N–H and O–H groups in total. The van der Waals surface area contributed by atoms with E-state index in [1.165, 1.54) is 12.8 Å². The molecule has 1 aliphatic heterocycles. The van der Waals surface area contributed by atoms with Gasteiger partial charge in [-0.05, 0) is 12.8 Å². The van der Waals surface area contributed by atoms with Gasteiger partial charge in [-0.1, -0.05) is 31.3 Å². The van der Waals surface area contributed by atoms with Crippen LogP contribution in [0.5, 0.6) is 0 Å². The molecule has 2 aliphatic rings. The quantitative estimate of drug-likeness (QED) is 0.613. The summed E-state index contributed by atoms with van der Waals surface area (Å²) in [4.78, 5) is 19.2. The van der Waals surface area contributed by atoms with E-state index in [0.717, 1.165) is 25.5 Å². The molecule has 0 aromatic rings. The Labute approximate surface area is 142 Å². The molecule has 1 atom stereocenters. The molecule has 0 saturated heterocycles. The number of hydrogen-bond donors (Lipinski definition) is 0. The highest BCUT2D eigenvalue weighted by Gasteiger charge is 2.29. The highest BCUT2D eigenvalue weighted by atomic mass is 19.1. The van der Waals surface area contributed by atoms with Crippen molar-refractivity contribution in [2.75, 3.05) is 13.6 Å². The molecule has 1 amide bonds. The molecule has 1 aliphatic carbocycles. The molecule has 6 heteroatoms. The van der Waals surface area contributed by atoms with Crippen molar-refractivity contribution in [1.82, 2.24) is 4.90 Å². The number of amides is 1. The summed E-state index contributed by atoms with van der Waals surface area (Å²) in [6, 6.07) is 0. The number of nitrogens with zero attached hydrogens (tertiary/aromatic N) is 2. The largest absolute Gasteiger partial charge is 0.391 e. The standard InChI is InChI=1S/C18H26F2N2O2/c1-3-4-5-6-9-22(2)18(23)12-14-11-17(21-24-14)15-8-7-13(19)10-16(15)20/h10,14H,3-9,11-12H2,1-2H3. The average molecular weight is 340 g/mol. The number of carbonyl (C=O) groups excluding carboxylic acids is 1. The molecule has 0 saturated carbocycles. The molecule has 134 valence electrons. The Morgan fingerprint density at radius 3 is 2.83 bits per heavy atom. The second-order valence-corrected chi connectivity index (χ2v) is 6.47. The highest BCUT2D eigenvalue weighted by molar-refractivity contribution is 6.02. The molecule has 0 radical (unpaired) electrons. The van der Waals surface area contributed by atoms with Crippen molar-refractivity contribution in [3.63, 3.8) is 0 Å². The third-order valence-corrected chi connectivity index (χ3v) is 4.44. The molecule has 4 nitrogen and oxygen atoms in total. The van der Waals surface area contributed by atoms with Gasteiger partial charge in [0.25, 0.3) is 0 Å². The minimum atomic E-state index is -0.582. The second kappa shape index (κ2) is 8.94. The summed E-state index contributed by atoms with van der Waals surface area (Å²) in [7, 11) is 1.79. The lowest BCUT2D eigenvalue weighted by Gasteiger charge is -2.18. The van der Waals surface area contributed by atoms with Crippen LogP contribution in [0.4, 0.5) is 8.78 Å². The Morgan fingerprint density at radius 2 is 2.12 bits per heavy atom. The molecular weight excluding hydrogens is 314 g/mol. The summed E-state index contributed by atoms with van der Waals surface area (Å²) in [6.07, 6.45) is 6.12. The number of hydrogen-bond acceptors (Lipinski definition) is 3. The van der Waals surface area contributed by atoms with Crippen LogP contribution in [-0.4, -0.2) is 36.2 Å². The Bertz CT molecular complexity index is 555. The summed E-state index contributed by atoms with van der Waals surface area (Å²) >= 11 is 0. The van der Waals surface area contributed by atoms with Crippen LogP contribution < -0.4 is 0 Å². The monoisotopic (exact) mass is 340 g/mol. The van der Waals surface area contributed by atoms with Crippen LogP contribution in [0.25, 0.3) is 0 Å². The fourth-order valence-electron chi connectivity index (χ4n) is 2.91. The van der Waals surface area contributed by atoms with E-state index in [1.54, 1.807) is 11.9 Å². The zero-order valence-electron chi connectivity index (χ0n) is 14.5. The fourth-order valence-corrected chi connectivity index (χ4v) is 2.91. The molecule has 1 unspecified atom stereocenters. The van der Waals surface area contributed by atoms with E-state index >= 15 is 0 Å². The minimum absolute atomic E-state index is 0.0111. The normalized spacial score (nSPS) is 20.6. The van der Waals surface area contributed by atoms with Crippen LogP contribution in [0, 0.1) is 0 Å². The van der Waals surface area contributed by atoms with Crippen molar-refractivity contribution in [3.8, 4) is 0 Å². The van der Waals surface area contributed by atoms with E-state index < -0.39 is 11.7 Å². The molecule has 2 rings (SSSR count). The van der Waals surface area contributed by atoms with Crippen LogP contribution >= 0.6 is 0 Å². The van der Waals surface area contributed by atoms with Gasteiger partial charge >= 0.3 is 0 Å². The predicted octanol–water partition coefficient (Wildman–Crippen LogP) is 4.43. The smallest absolute Gasteiger partial charge is 0.226 e. The third-order valence-electron chi connectivity index (χ3n) is 4.44. The fraction of sp³-hybridized carbons (Fsp3) is 0.667. The minimum Gasteiger partial charge on any atom is -0.391 e. The van der Waals surface area contributed by atoms with Crippen LogP contribution in [-0.2, 0) is 9.63 Å². The summed E-state index contributed by atoms with van der Waals surface area (Å²) in [6.45, 7) is 2.89. The molecule has 1 heterocycles. The first kappa shape index (κ1) is 18.6. The van der Waals surface area contributed by atoms with Crippen molar-refractivity contribution < 1.29 is 18.4 Å². The molecule has 0 spiro atoms. The van der Waals surface area contributed by atoms with Crippen molar-refractivity contribution >= 4 is 11.6 Å². The van der Waals surface area contributed by atoms with Gasteiger partial charge in [0.05, 0.1) is 12.1 Å². The Morgan fingerprint density at radius 1 is 1.33 bits per heavy atom. The zero-order valence-corrected chi connectivity index (χ0v) is 14.5. The Hall–Kier alpha value is -1.72. The third kappa shape index (κ3) is 5.14. The van der Waals surface area contributed by atoms with E-state index in [9.17, 15) is 13.6 Å². The van der Waals surface area contributed by atoms with Gasteiger partial charge in [0.2, 0.25) is 5.91 Å². The van der Waals surface area contributed by atoms with E-state index in [2.05, 4.69) is 12.1 Å². The van der Waals surface area contributed by atoms with Crippen LogP contribution in [0.15, 0.2) is 28.5 Å². The van der Waals surface area contributed by atoms with Crippen LogP contribution in [0.2, 0.25) is 0 Å². The summed E-state index contributed by atoms with van der Waals surface area (Å²) in [5.74, 6) is -1.02. The Balaban J connectivity index is 1.78. The predicted molar refractivity (Wildman–Crippen MR) is 89.9 cm³/mol. The SMILES string of the molecule is CCCCCCN(C)C(=O)CC1CC(C2=C(F)C=C(F)CC2)=NO1. The number of allylic oxidation sites excluding steroid dienone is 4. The van der Waals surface area contributed by atoms with Gasteiger partial charge in [-0.25, -0.2) is 8.78 Å². The molecule has 0 bridgehead atoms. The number of rotatable bonds is 8. The maximum Gasteiger partial charge on any atom is 0.226 e. The lowest BCUT2D eigenvalue weighted by molar-refractivity contribution is -0.132. The first-order chi connectivity index (χ1) is 11.5. The van der Waals surface area contributed by atoms with Crippen molar-refractivity contribution in [1.29, 1.82) is 0 Å². The first-order valence-corrected chi connectivity index (χ1v) is 8.73. The first-order valence-electron chi connectivity index (χ1n) is 8.73. The summed E-state index contributed by atoms with van der Waals surface area (Å²) in [5, 5.41) is 3.91. The number of carbonyl (C=O) groups is 1. The van der Waals surface area contributed by atoms with E-state index in [-0.39, 0.29) is 31.3 Å². The van der Waals surface area contributed by atoms with E-state index in [0.29, 0.717) is 17.7 Å². The van der Waals surface area contributed by atoms with Gasteiger partial charge in [0.15, 0.2) is 0 Å². The number of unbranched alkanes of at least 4 members (excludes halogenated alkanes) is 3. The maximum atomic E-state index is 13.8. The molecule has 24 heavy (non-hydrogen) atoms. The number of oxime groups is 1. The zero-order chi connectivity index (χ0) is 17.5. The molecule has 0 fully saturated rings. The Kier molecular flexibility index (Phi) is 6.94. The van der Waals surface area contributed by atoms with Gasteiger partial charge in [-0.2, -0.15) is 0 Å². The summed E-state index contributed by atoms with van der Waals surface area (Å²) < 4.78 is 26.9. The van der Waals surface area contributed by atoms with Gasteiger partial charge in [0.1, 0.15) is 17.8 Å². The van der Waals surface area contributed by atoms with Gasteiger partial charge in [-0.15, -0.1) is 0 Å². The second-order valence-electron chi connectivity index (χ2n) is 6.47. The van der Waals surface area contributed by atoms with E-state index in [1.807, 2.05) is 0 Å². The number of halogens is 2. The topological polar surface area (TPSA) is 41.9 Å². The average Bonchev–Trinajstić information content (AvgIpc) is 2.99. The van der Waals surface area contributed by atoms with Gasteiger partial charge < -0.3 is 9.74 Å². The van der Waals surface area contributed by atoms with Crippen molar-refractivity contribution in [3.05, 3.63) is 23.3 Å². The molecule has 0 aromatic heterocycles. The van der Waals surface area contributed by atoms with Crippen LogP contribution in [0.1, 0.15) is 58.3 Å². The van der Waals surface area contributed by atoms with Crippen LogP contribution in [0.3, 0.4) is 0 Å². The van der Waals surface area contributed by atoms with Crippen molar-refractivity contribution in [2.24, 2.45) is 5.16 Å². The van der Waals surface area contributed by atoms with Crippen molar-refractivity contribution in [2.45, 2.75) is 64.4 Å². The molecular formula is C18H26F2N2O2. The van der Waals surface area contributed by atoms with Gasteiger partial charge in [0, 0.05) is 38.1 Å². The van der Waals surface area contributed by atoms with Gasteiger partial charge in [-0.3, -0.25) is 4.79 Å². The summed E-state index contributed by atoms with van der Waals surface area (Å²) in [5.41, 5.74) is 0.902. The molecule has 0 aromatic carbocycles. The van der Waals surface area contributed by atoms with E-state index in [4.69, 9.17) is 4.84 Å². The highest BCUT2D eigenvalue weighted by Crippen LogP contribution is 2.30.